The Morgan fingerprint density at radius 3 is 2.33 bits per heavy atom. The Labute approximate surface area is 81.2 Å². The van der Waals surface area contributed by atoms with E-state index < -0.39 is 8.48 Å². The first-order valence-corrected chi connectivity index (χ1v) is 11.3. The predicted molar refractivity (Wildman–Crippen MR) is 62.2 cm³/mol. The zero-order valence-corrected chi connectivity index (χ0v) is 11.9. The van der Waals surface area contributed by atoms with E-state index in [-0.39, 0.29) is 0 Å². The van der Waals surface area contributed by atoms with Crippen LogP contribution in [-0.4, -0.2) is 24.3 Å². The highest BCUT2D eigenvalue weighted by atomic mass is 29.2. The lowest BCUT2D eigenvalue weighted by Crippen LogP contribution is -2.43. The second kappa shape index (κ2) is 5.19. The number of nitrogens with one attached hydrogen (secondary N) is 1. The summed E-state index contributed by atoms with van der Waals surface area (Å²) in [6.45, 7) is 4.58. The van der Waals surface area contributed by atoms with E-state index in [1.165, 1.54) is 29.0 Å². The number of hydrogen-bond donors (Lipinski definition) is 1. The molecule has 0 aromatic carbocycles. The van der Waals surface area contributed by atoms with Crippen LogP contribution in [0.4, 0.5) is 0 Å². The standard InChI is InChI=1S/C9H23NSi2/c1-8(2)10-12(11)9-6-4-3-5-7-9/h8-10,12H,3-7H2,1-2,11H3. The molecule has 1 aliphatic rings. The van der Waals surface area contributed by atoms with E-state index in [0.717, 1.165) is 11.6 Å². The lowest BCUT2D eigenvalue weighted by Gasteiger charge is -2.28. The molecule has 0 aromatic heterocycles. The fraction of sp³-hybridized carbons (Fsp3) is 1.00. The van der Waals surface area contributed by atoms with Crippen molar-refractivity contribution in [3.05, 3.63) is 0 Å². The van der Waals surface area contributed by atoms with Crippen molar-refractivity contribution in [2.75, 3.05) is 0 Å². The maximum Gasteiger partial charge on any atom is 0.0911 e. The summed E-state index contributed by atoms with van der Waals surface area (Å²) < 4.78 is 0. The normalized spacial score (nSPS) is 23.2. The van der Waals surface area contributed by atoms with Crippen molar-refractivity contribution in [2.24, 2.45) is 0 Å². The van der Waals surface area contributed by atoms with Crippen LogP contribution in [0.1, 0.15) is 46.0 Å². The van der Waals surface area contributed by atoms with Gasteiger partial charge in [-0.2, -0.15) is 0 Å². The van der Waals surface area contributed by atoms with Crippen molar-refractivity contribution in [2.45, 2.75) is 57.5 Å². The first kappa shape index (κ1) is 10.5. The van der Waals surface area contributed by atoms with Crippen molar-refractivity contribution >= 4 is 18.2 Å². The summed E-state index contributed by atoms with van der Waals surface area (Å²) in [4.78, 5) is 3.81. The molecule has 1 aliphatic carbocycles. The Morgan fingerprint density at radius 1 is 1.25 bits per heavy atom. The highest BCUT2D eigenvalue weighted by molar-refractivity contribution is 7.02. The molecule has 1 atom stereocenters. The van der Waals surface area contributed by atoms with Crippen molar-refractivity contribution in [1.82, 2.24) is 4.98 Å². The van der Waals surface area contributed by atoms with Gasteiger partial charge in [0.2, 0.25) is 0 Å². The van der Waals surface area contributed by atoms with Crippen LogP contribution >= 0.6 is 0 Å². The third-order valence-corrected chi connectivity index (χ3v) is 10.1. The van der Waals surface area contributed by atoms with Crippen molar-refractivity contribution in [3.8, 4) is 0 Å². The SMILES string of the molecule is CC(C)N[SiH]([SiH3])C1CCCCC1. The molecular weight excluding hydrogens is 178 g/mol. The lowest BCUT2D eigenvalue weighted by molar-refractivity contribution is 0.493. The minimum absolute atomic E-state index is 0.452. The predicted octanol–water partition coefficient (Wildman–Crippen LogP) is 0.905. The minimum Gasteiger partial charge on any atom is -0.340 e. The van der Waals surface area contributed by atoms with E-state index in [9.17, 15) is 0 Å². The minimum atomic E-state index is -0.452. The summed E-state index contributed by atoms with van der Waals surface area (Å²) in [5, 5.41) is 0. The highest BCUT2D eigenvalue weighted by Gasteiger charge is 2.21. The lowest BCUT2D eigenvalue weighted by atomic mass is 10.0. The molecule has 1 fully saturated rings. The summed E-state index contributed by atoms with van der Waals surface area (Å²) in [5.74, 6) is 0. The Balaban J connectivity index is 2.24. The van der Waals surface area contributed by atoms with E-state index in [2.05, 4.69) is 18.8 Å². The van der Waals surface area contributed by atoms with Gasteiger partial charge in [-0.3, -0.25) is 0 Å². The maximum atomic E-state index is 3.81. The summed E-state index contributed by atoms with van der Waals surface area (Å²) in [6.07, 6.45) is 7.60. The van der Waals surface area contributed by atoms with Crippen LogP contribution in [-0.2, 0) is 0 Å². The van der Waals surface area contributed by atoms with Crippen LogP contribution < -0.4 is 4.98 Å². The van der Waals surface area contributed by atoms with Gasteiger partial charge in [0, 0.05) is 9.76 Å². The molecular formula is C9H23NSi2. The molecule has 0 spiro atoms. The van der Waals surface area contributed by atoms with Crippen LogP contribution in [0.5, 0.6) is 0 Å². The molecule has 1 rings (SSSR count). The van der Waals surface area contributed by atoms with Crippen LogP contribution in [0.15, 0.2) is 0 Å². The molecule has 0 amide bonds. The molecule has 0 radical (unpaired) electrons. The van der Waals surface area contributed by atoms with E-state index in [0.29, 0.717) is 0 Å². The van der Waals surface area contributed by atoms with E-state index in [4.69, 9.17) is 0 Å². The largest absolute Gasteiger partial charge is 0.340 e. The van der Waals surface area contributed by atoms with Gasteiger partial charge in [0.05, 0.1) is 8.48 Å². The summed E-state index contributed by atoms with van der Waals surface area (Å²) in [7, 11) is 1.00. The van der Waals surface area contributed by atoms with Gasteiger partial charge >= 0.3 is 0 Å². The highest BCUT2D eigenvalue weighted by Crippen LogP contribution is 2.29. The third kappa shape index (κ3) is 3.41. The van der Waals surface area contributed by atoms with Crippen LogP contribution in [0, 0.1) is 0 Å². The molecule has 1 unspecified atom stereocenters. The number of rotatable bonds is 3. The molecule has 1 N–H and O–H groups in total. The van der Waals surface area contributed by atoms with E-state index in [1.54, 1.807) is 12.8 Å². The summed E-state index contributed by atoms with van der Waals surface area (Å²) >= 11 is 0. The van der Waals surface area contributed by atoms with Crippen LogP contribution in [0.3, 0.4) is 0 Å². The van der Waals surface area contributed by atoms with Gasteiger partial charge in [0.1, 0.15) is 0 Å². The molecule has 0 saturated heterocycles. The molecule has 0 heterocycles. The zero-order chi connectivity index (χ0) is 8.97. The van der Waals surface area contributed by atoms with Gasteiger partial charge in [-0.1, -0.05) is 46.0 Å². The van der Waals surface area contributed by atoms with Gasteiger partial charge < -0.3 is 4.98 Å². The summed E-state index contributed by atoms with van der Waals surface area (Å²) in [6, 6.07) is 0.737. The third-order valence-electron chi connectivity index (χ3n) is 2.95. The Kier molecular flexibility index (Phi) is 4.53. The maximum absolute atomic E-state index is 3.81. The average molecular weight is 201 g/mol. The van der Waals surface area contributed by atoms with Crippen molar-refractivity contribution < 1.29 is 0 Å². The second-order valence-electron chi connectivity index (χ2n) is 4.51. The van der Waals surface area contributed by atoms with Gasteiger partial charge in [-0.05, 0) is 11.6 Å². The van der Waals surface area contributed by atoms with Gasteiger partial charge in [-0.25, -0.2) is 0 Å². The monoisotopic (exact) mass is 201 g/mol. The molecule has 12 heavy (non-hydrogen) atoms. The van der Waals surface area contributed by atoms with Gasteiger partial charge in [0.15, 0.2) is 0 Å². The molecule has 0 bridgehead atoms. The molecule has 1 saturated carbocycles. The Hall–Kier alpha value is 0.394. The molecule has 0 aliphatic heterocycles. The zero-order valence-electron chi connectivity index (χ0n) is 8.77. The van der Waals surface area contributed by atoms with Crippen molar-refractivity contribution in [1.29, 1.82) is 0 Å². The van der Waals surface area contributed by atoms with Crippen LogP contribution in [0.25, 0.3) is 0 Å². The topological polar surface area (TPSA) is 12.0 Å². The van der Waals surface area contributed by atoms with Crippen molar-refractivity contribution in [3.63, 3.8) is 0 Å². The second-order valence-corrected chi connectivity index (χ2v) is 11.1. The molecule has 3 heteroatoms. The molecule has 0 aromatic rings. The summed E-state index contributed by atoms with van der Waals surface area (Å²) in [5.41, 5.74) is 1.15. The van der Waals surface area contributed by atoms with E-state index >= 15 is 0 Å². The van der Waals surface area contributed by atoms with E-state index in [1.807, 2.05) is 0 Å². The fourth-order valence-electron chi connectivity index (χ4n) is 2.30. The Bertz CT molecular complexity index is 122. The molecule has 1 nitrogen and oxygen atoms in total. The quantitative estimate of drug-likeness (QED) is 0.669. The smallest absolute Gasteiger partial charge is 0.0911 e. The van der Waals surface area contributed by atoms with Gasteiger partial charge in [0.25, 0.3) is 0 Å². The first-order chi connectivity index (χ1) is 5.70. The van der Waals surface area contributed by atoms with Crippen LogP contribution in [0.2, 0.25) is 5.54 Å². The Morgan fingerprint density at radius 2 is 1.83 bits per heavy atom. The fourth-order valence-corrected chi connectivity index (χ4v) is 9.09. The first-order valence-electron chi connectivity index (χ1n) is 5.46. The number of hydrogen-bond acceptors (Lipinski definition) is 1. The average Bonchev–Trinajstić information content (AvgIpc) is 2.05. The van der Waals surface area contributed by atoms with Gasteiger partial charge in [-0.15, -0.1) is 0 Å². The molecule has 72 valence electrons.